The molecular formula is C18H23N3. The molecule has 0 aliphatic heterocycles. The molecule has 3 heteroatoms. The van der Waals surface area contributed by atoms with E-state index in [1.807, 2.05) is 0 Å². The van der Waals surface area contributed by atoms with Crippen molar-refractivity contribution < 1.29 is 0 Å². The molecule has 1 N–H and O–H groups in total. The lowest BCUT2D eigenvalue weighted by atomic mass is 10.0. The van der Waals surface area contributed by atoms with Gasteiger partial charge in [0, 0.05) is 23.4 Å². The van der Waals surface area contributed by atoms with E-state index in [4.69, 9.17) is 9.97 Å². The maximum atomic E-state index is 4.84. The Morgan fingerprint density at radius 1 is 1.14 bits per heavy atom. The van der Waals surface area contributed by atoms with Crippen LogP contribution in [0.4, 0.5) is 5.82 Å². The van der Waals surface area contributed by atoms with E-state index < -0.39 is 0 Å². The predicted molar refractivity (Wildman–Crippen MR) is 87.7 cm³/mol. The zero-order valence-electron chi connectivity index (χ0n) is 13.2. The fraction of sp³-hybridized carbons (Fsp3) is 0.444. The predicted octanol–water partition coefficient (Wildman–Crippen LogP) is 4.07. The number of aryl methyl sites for hydroxylation is 3. The zero-order valence-corrected chi connectivity index (χ0v) is 13.2. The summed E-state index contributed by atoms with van der Waals surface area (Å²) in [6, 6.07) is 6.48. The third-order valence-electron chi connectivity index (χ3n) is 4.11. The average molecular weight is 281 g/mol. The van der Waals surface area contributed by atoms with Crippen LogP contribution in [0.25, 0.3) is 11.4 Å². The summed E-state index contributed by atoms with van der Waals surface area (Å²) >= 11 is 0. The summed E-state index contributed by atoms with van der Waals surface area (Å²) in [5, 5.41) is 3.49. The van der Waals surface area contributed by atoms with Gasteiger partial charge in [0.05, 0.1) is 0 Å². The Hall–Kier alpha value is -1.90. The summed E-state index contributed by atoms with van der Waals surface area (Å²) in [7, 11) is 0. The van der Waals surface area contributed by atoms with Gasteiger partial charge in [-0.15, -0.1) is 0 Å². The molecule has 0 bridgehead atoms. The highest BCUT2D eigenvalue weighted by molar-refractivity contribution is 5.64. The van der Waals surface area contributed by atoms with Crippen LogP contribution in [0.2, 0.25) is 0 Å². The fourth-order valence-electron chi connectivity index (χ4n) is 2.92. The van der Waals surface area contributed by atoms with Crippen LogP contribution in [0.3, 0.4) is 0 Å². The second-order valence-corrected chi connectivity index (χ2v) is 5.92. The molecule has 0 saturated heterocycles. The average Bonchev–Trinajstić information content (AvgIpc) is 2.95. The lowest BCUT2D eigenvalue weighted by Crippen LogP contribution is -2.08. The number of anilines is 1. The summed E-state index contributed by atoms with van der Waals surface area (Å²) in [4.78, 5) is 9.67. The molecule has 0 spiro atoms. The maximum absolute atomic E-state index is 4.84. The van der Waals surface area contributed by atoms with Crippen LogP contribution in [0, 0.1) is 13.8 Å². The van der Waals surface area contributed by atoms with Crippen LogP contribution in [0.15, 0.2) is 18.2 Å². The Kier molecular flexibility index (Phi) is 3.91. The van der Waals surface area contributed by atoms with E-state index in [9.17, 15) is 0 Å². The van der Waals surface area contributed by atoms with E-state index >= 15 is 0 Å². The number of rotatable bonds is 4. The van der Waals surface area contributed by atoms with E-state index in [-0.39, 0.29) is 0 Å². The Balaban J connectivity index is 2.08. The first-order valence-corrected chi connectivity index (χ1v) is 7.90. The van der Waals surface area contributed by atoms with Gasteiger partial charge in [-0.1, -0.05) is 24.6 Å². The van der Waals surface area contributed by atoms with Crippen molar-refractivity contribution in [1.29, 1.82) is 0 Å². The number of hydrogen-bond acceptors (Lipinski definition) is 3. The topological polar surface area (TPSA) is 37.8 Å². The monoisotopic (exact) mass is 281 g/mol. The zero-order chi connectivity index (χ0) is 14.8. The number of benzene rings is 1. The SMILES string of the molecule is CCCNc1nc(-c2cc(C)ccc2C)nc2c1CCC2. The van der Waals surface area contributed by atoms with Gasteiger partial charge in [0.15, 0.2) is 5.82 Å². The van der Waals surface area contributed by atoms with Crippen LogP contribution in [0.5, 0.6) is 0 Å². The molecule has 3 rings (SSSR count). The molecule has 1 heterocycles. The fourth-order valence-corrected chi connectivity index (χ4v) is 2.92. The van der Waals surface area contributed by atoms with Gasteiger partial charge in [-0.2, -0.15) is 0 Å². The molecule has 1 aliphatic carbocycles. The van der Waals surface area contributed by atoms with Crippen LogP contribution in [-0.2, 0) is 12.8 Å². The molecule has 0 atom stereocenters. The summed E-state index contributed by atoms with van der Waals surface area (Å²) in [6.07, 6.45) is 4.49. The molecule has 0 saturated carbocycles. The molecule has 0 radical (unpaired) electrons. The third-order valence-corrected chi connectivity index (χ3v) is 4.11. The summed E-state index contributed by atoms with van der Waals surface area (Å²) in [5.74, 6) is 1.92. The first kappa shape index (κ1) is 14.1. The van der Waals surface area contributed by atoms with Crippen LogP contribution >= 0.6 is 0 Å². The van der Waals surface area contributed by atoms with Gasteiger partial charge in [0.1, 0.15) is 5.82 Å². The molecule has 0 unspecified atom stereocenters. The largest absolute Gasteiger partial charge is 0.370 e. The number of fused-ring (bicyclic) bond motifs is 1. The van der Waals surface area contributed by atoms with Gasteiger partial charge >= 0.3 is 0 Å². The molecule has 1 aromatic carbocycles. The third kappa shape index (κ3) is 2.78. The highest BCUT2D eigenvalue weighted by atomic mass is 15.0. The van der Waals surface area contributed by atoms with Crippen molar-refractivity contribution >= 4 is 5.82 Å². The summed E-state index contributed by atoms with van der Waals surface area (Å²) in [6.45, 7) is 7.40. The minimum absolute atomic E-state index is 0.871. The maximum Gasteiger partial charge on any atom is 0.162 e. The van der Waals surface area contributed by atoms with Crippen molar-refractivity contribution in [2.45, 2.75) is 46.5 Å². The molecule has 21 heavy (non-hydrogen) atoms. The van der Waals surface area contributed by atoms with Crippen LogP contribution in [0.1, 0.15) is 42.1 Å². The molecule has 0 amide bonds. The highest BCUT2D eigenvalue weighted by Crippen LogP contribution is 2.30. The Morgan fingerprint density at radius 3 is 2.81 bits per heavy atom. The normalized spacial score (nSPS) is 13.3. The van der Waals surface area contributed by atoms with Crippen molar-refractivity contribution in [1.82, 2.24) is 9.97 Å². The second-order valence-electron chi connectivity index (χ2n) is 5.92. The summed E-state index contributed by atoms with van der Waals surface area (Å²) < 4.78 is 0. The quantitative estimate of drug-likeness (QED) is 0.918. The molecule has 1 aliphatic rings. The Morgan fingerprint density at radius 2 is 2.00 bits per heavy atom. The van der Waals surface area contributed by atoms with E-state index in [0.29, 0.717) is 0 Å². The van der Waals surface area contributed by atoms with Crippen molar-refractivity contribution in [3.63, 3.8) is 0 Å². The number of aromatic nitrogens is 2. The lowest BCUT2D eigenvalue weighted by Gasteiger charge is -2.13. The van der Waals surface area contributed by atoms with Crippen molar-refractivity contribution in [2.75, 3.05) is 11.9 Å². The molecule has 110 valence electrons. The van der Waals surface area contributed by atoms with E-state index in [1.54, 1.807) is 0 Å². The minimum Gasteiger partial charge on any atom is -0.370 e. The van der Waals surface area contributed by atoms with Gasteiger partial charge in [-0.3, -0.25) is 0 Å². The first-order chi connectivity index (χ1) is 10.2. The van der Waals surface area contributed by atoms with Gasteiger partial charge in [-0.25, -0.2) is 9.97 Å². The van der Waals surface area contributed by atoms with E-state index in [2.05, 4.69) is 44.3 Å². The van der Waals surface area contributed by atoms with E-state index in [1.165, 1.54) is 28.8 Å². The number of nitrogens with one attached hydrogen (secondary N) is 1. The second kappa shape index (κ2) is 5.84. The van der Waals surface area contributed by atoms with Crippen LogP contribution < -0.4 is 5.32 Å². The molecular weight excluding hydrogens is 258 g/mol. The van der Waals surface area contributed by atoms with Gasteiger partial charge in [-0.05, 0) is 51.2 Å². The highest BCUT2D eigenvalue weighted by Gasteiger charge is 2.20. The van der Waals surface area contributed by atoms with Crippen molar-refractivity contribution in [3.8, 4) is 11.4 Å². The van der Waals surface area contributed by atoms with Crippen molar-refractivity contribution in [3.05, 3.63) is 40.6 Å². The standard InChI is InChI=1S/C18H23N3/c1-4-10-19-17-14-6-5-7-16(14)20-18(21-17)15-11-12(2)8-9-13(15)3/h8-9,11H,4-7,10H2,1-3H3,(H,19,20,21). The van der Waals surface area contributed by atoms with Crippen LogP contribution in [-0.4, -0.2) is 16.5 Å². The van der Waals surface area contributed by atoms with E-state index in [0.717, 1.165) is 43.0 Å². The van der Waals surface area contributed by atoms with Crippen molar-refractivity contribution in [2.24, 2.45) is 0 Å². The summed E-state index contributed by atoms with van der Waals surface area (Å²) in [5.41, 5.74) is 6.21. The molecule has 0 fully saturated rings. The minimum atomic E-state index is 0.871. The van der Waals surface area contributed by atoms with Gasteiger partial charge < -0.3 is 5.32 Å². The van der Waals surface area contributed by atoms with Gasteiger partial charge in [0.2, 0.25) is 0 Å². The Labute approximate surface area is 126 Å². The smallest absolute Gasteiger partial charge is 0.162 e. The lowest BCUT2D eigenvalue weighted by molar-refractivity contribution is 0.899. The number of nitrogens with zero attached hydrogens (tertiary/aromatic N) is 2. The Bertz CT molecular complexity index is 662. The molecule has 3 nitrogen and oxygen atoms in total. The first-order valence-electron chi connectivity index (χ1n) is 7.90. The molecule has 1 aromatic heterocycles. The number of hydrogen-bond donors (Lipinski definition) is 1. The molecule has 2 aromatic rings. The van der Waals surface area contributed by atoms with Gasteiger partial charge in [0.25, 0.3) is 0 Å².